The molecule has 3 unspecified atom stereocenters. The predicted octanol–water partition coefficient (Wildman–Crippen LogP) is 4.39. The summed E-state index contributed by atoms with van der Waals surface area (Å²) in [5.74, 6) is -4.18. The molecule has 0 amide bonds. The Morgan fingerprint density at radius 1 is 1.33 bits per heavy atom. The summed E-state index contributed by atoms with van der Waals surface area (Å²) in [5, 5.41) is 0. The Morgan fingerprint density at radius 3 is 2.80 bits per heavy atom. The lowest BCUT2D eigenvalue weighted by Gasteiger charge is -2.32. The van der Waals surface area contributed by atoms with Gasteiger partial charge in [-0.05, 0) is 44.4 Å². The molecule has 1 aliphatic carbocycles. The van der Waals surface area contributed by atoms with E-state index in [9.17, 15) is 18.4 Å². The highest BCUT2D eigenvalue weighted by molar-refractivity contribution is 5.72. The van der Waals surface area contributed by atoms with E-state index in [1.807, 2.05) is 6.92 Å². The summed E-state index contributed by atoms with van der Waals surface area (Å²) in [6, 6.07) is 0. The van der Waals surface area contributed by atoms with Crippen molar-refractivity contribution in [3.8, 4) is 0 Å². The molecule has 3 rings (SSSR count). The Kier molecular flexibility index (Phi) is 8.07. The number of halogens is 2. The van der Waals surface area contributed by atoms with E-state index in [2.05, 4.69) is 0 Å². The van der Waals surface area contributed by atoms with Gasteiger partial charge >= 0.3 is 11.9 Å². The first-order chi connectivity index (χ1) is 14.3. The van der Waals surface area contributed by atoms with Crippen LogP contribution in [0.15, 0.2) is 0 Å². The van der Waals surface area contributed by atoms with E-state index < -0.39 is 18.0 Å². The summed E-state index contributed by atoms with van der Waals surface area (Å²) in [5.41, 5.74) is 0. The van der Waals surface area contributed by atoms with Crippen molar-refractivity contribution in [1.29, 1.82) is 0 Å². The molecule has 8 heteroatoms. The van der Waals surface area contributed by atoms with Crippen LogP contribution in [-0.4, -0.2) is 49.1 Å². The van der Waals surface area contributed by atoms with Gasteiger partial charge < -0.3 is 18.9 Å². The van der Waals surface area contributed by atoms with Gasteiger partial charge in [-0.25, -0.2) is 8.78 Å². The van der Waals surface area contributed by atoms with E-state index in [1.54, 1.807) is 0 Å². The highest BCUT2D eigenvalue weighted by Crippen LogP contribution is 2.46. The summed E-state index contributed by atoms with van der Waals surface area (Å²) in [4.78, 5) is 23.2. The fourth-order valence-electron chi connectivity index (χ4n) is 5.00. The van der Waals surface area contributed by atoms with Crippen LogP contribution in [-0.2, 0) is 28.5 Å². The number of alkyl halides is 2. The molecule has 2 saturated heterocycles. The fourth-order valence-corrected chi connectivity index (χ4v) is 5.00. The third kappa shape index (κ3) is 5.90. The molecule has 3 aliphatic rings. The van der Waals surface area contributed by atoms with Crippen molar-refractivity contribution in [2.24, 2.45) is 11.8 Å². The van der Waals surface area contributed by atoms with Crippen molar-refractivity contribution in [3.63, 3.8) is 0 Å². The van der Waals surface area contributed by atoms with Gasteiger partial charge in [0.25, 0.3) is 5.92 Å². The molecule has 172 valence electrons. The van der Waals surface area contributed by atoms with Crippen LogP contribution in [0.4, 0.5) is 8.78 Å². The molecule has 6 nitrogen and oxygen atoms in total. The molecule has 0 aromatic carbocycles. The molecule has 3 fully saturated rings. The summed E-state index contributed by atoms with van der Waals surface area (Å²) in [6.07, 6.45) is 2.60. The Bertz CT molecular complexity index is 592. The van der Waals surface area contributed by atoms with Crippen molar-refractivity contribution in [3.05, 3.63) is 0 Å². The van der Waals surface area contributed by atoms with Gasteiger partial charge in [0, 0.05) is 32.3 Å². The number of hydrogen-bond donors (Lipinski definition) is 0. The second-order valence-corrected chi connectivity index (χ2v) is 8.81. The zero-order chi connectivity index (χ0) is 21.7. The SMILES string of the molecule is CCCCC(F)(F)C(CC[C@H]1[C@H](OC2CCCCO2)CC2OC(=O)C[C@@H]21)OC(C)=O. The first kappa shape index (κ1) is 23.4. The van der Waals surface area contributed by atoms with Gasteiger partial charge in [-0.1, -0.05) is 13.3 Å². The lowest BCUT2D eigenvalue weighted by molar-refractivity contribution is -0.199. The monoisotopic (exact) mass is 432 g/mol. The molecular formula is C22H34F2O6. The number of esters is 2. The molecule has 0 aromatic rings. The number of ether oxygens (including phenoxy) is 4. The largest absolute Gasteiger partial charge is 0.462 e. The molecule has 2 aliphatic heterocycles. The van der Waals surface area contributed by atoms with Crippen molar-refractivity contribution in [2.45, 2.75) is 109 Å². The van der Waals surface area contributed by atoms with Crippen LogP contribution in [0.25, 0.3) is 0 Å². The van der Waals surface area contributed by atoms with E-state index in [0.29, 0.717) is 32.3 Å². The smallest absolute Gasteiger partial charge is 0.306 e. The van der Waals surface area contributed by atoms with E-state index in [-0.39, 0.29) is 55.6 Å². The zero-order valence-electron chi connectivity index (χ0n) is 17.9. The predicted molar refractivity (Wildman–Crippen MR) is 104 cm³/mol. The van der Waals surface area contributed by atoms with Crippen molar-refractivity contribution in [2.75, 3.05) is 6.61 Å². The normalized spacial score (nSPS) is 32.5. The summed E-state index contributed by atoms with van der Waals surface area (Å²) in [7, 11) is 0. The maximum absolute atomic E-state index is 14.7. The van der Waals surface area contributed by atoms with Gasteiger partial charge in [0.05, 0.1) is 12.5 Å². The van der Waals surface area contributed by atoms with Crippen LogP contribution in [0, 0.1) is 11.8 Å². The molecule has 2 heterocycles. The van der Waals surface area contributed by atoms with Crippen LogP contribution in [0.5, 0.6) is 0 Å². The van der Waals surface area contributed by atoms with E-state index in [1.165, 1.54) is 0 Å². The first-order valence-corrected chi connectivity index (χ1v) is 11.3. The van der Waals surface area contributed by atoms with Gasteiger partial charge in [0.2, 0.25) is 0 Å². The van der Waals surface area contributed by atoms with E-state index in [4.69, 9.17) is 18.9 Å². The summed E-state index contributed by atoms with van der Waals surface area (Å²) < 4.78 is 51.8. The van der Waals surface area contributed by atoms with Gasteiger partial charge in [0.15, 0.2) is 12.4 Å². The fraction of sp³-hybridized carbons (Fsp3) is 0.909. The highest BCUT2D eigenvalue weighted by atomic mass is 19.3. The van der Waals surface area contributed by atoms with Gasteiger partial charge in [-0.3, -0.25) is 9.59 Å². The van der Waals surface area contributed by atoms with Gasteiger partial charge in [-0.15, -0.1) is 0 Å². The Labute approximate surface area is 176 Å². The van der Waals surface area contributed by atoms with Crippen LogP contribution in [0.1, 0.15) is 78.1 Å². The molecule has 30 heavy (non-hydrogen) atoms. The number of hydrogen-bond acceptors (Lipinski definition) is 6. The van der Waals surface area contributed by atoms with Gasteiger partial charge in [0.1, 0.15) is 6.10 Å². The molecule has 6 atom stereocenters. The van der Waals surface area contributed by atoms with Crippen molar-refractivity contribution in [1.82, 2.24) is 0 Å². The molecule has 0 radical (unpaired) electrons. The number of carbonyl (C=O) groups is 2. The number of fused-ring (bicyclic) bond motifs is 1. The topological polar surface area (TPSA) is 71.1 Å². The molecule has 0 N–H and O–H groups in total. The van der Waals surface area contributed by atoms with Crippen molar-refractivity contribution >= 4 is 11.9 Å². The Balaban J connectivity index is 1.66. The minimum atomic E-state index is -3.08. The van der Waals surface area contributed by atoms with Crippen LogP contribution < -0.4 is 0 Å². The lowest BCUT2D eigenvalue weighted by Crippen LogP contribution is -2.38. The molecule has 0 spiro atoms. The minimum Gasteiger partial charge on any atom is -0.462 e. The Morgan fingerprint density at radius 2 is 2.13 bits per heavy atom. The first-order valence-electron chi connectivity index (χ1n) is 11.3. The third-order valence-electron chi connectivity index (χ3n) is 6.52. The maximum Gasteiger partial charge on any atom is 0.306 e. The number of unbranched alkanes of at least 4 members (excludes halogenated alkanes) is 1. The number of rotatable bonds is 10. The van der Waals surface area contributed by atoms with Crippen molar-refractivity contribution < 1.29 is 37.3 Å². The zero-order valence-corrected chi connectivity index (χ0v) is 17.9. The maximum atomic E-state index is 14.7. The number of carbonyl (C=O) groups excluding carboxylic acids is 2. The van der Waals surface area contributed by atoms with Gasteiger partial charge in [-0.2, -0.15) is 0 Å². The molecule has 1 saturated carbocycles. The molecular weight excluding hydrogens is 398 g/mol. The van der Waals surface area contributed by atoms with E-state index >= 15 is 0 Å². The lowest BCUT2D eigenvalue weighted by atomic mass is 9.86. The summed E-state index contributed by atoms with van der Waals surface area (Å²) in [6.45, 7) is 3.66. The average Bonchev–Trinajstić information content (AvgIpc) is 3.19. The molecule has 0 aromatic heterocycles. The van der Waals surface area contributed by atoms with Crippen LogP contribution in [0.3, 0.4) is 0 Å². The third-order valence-corrected chi connectivity index (χ3v) is 6.52. The Hall–Kier alpha value is -1.28. The van der Waals surface area contributed by atoms with E-state index in [0.717, 1.165) is 26.2 Å². The average molecular weight is 433 g/mol. The second-order valence-electron chi connectivity index (χ2n) is 8.81. The quantitative estimate of drug-likeness (QED) is 0.477. The second kappa shape index (κ2) is 10.4. The van der Waals surface area contributed by atoms with Crippen LogP contribution >= 0.6 is 0 Å². The molecule has 0 bridgehead atoms. The standard InChI is InChI=1S/C22H34F2O6/c1-3-4-10-22(23,24)19(28-14(2)25)9-8-15-16-12-20(26)29-18(16)13-17(15)30-21-7-5-6-11-27-21/h15-19,21H,3-13H2,1-2H3/t15-,16-,17-,18?,19?,21?/m1/s1. The highest BCUT2D eigenvalue weighted by Gasteiger charge is 2.52. The minimum absolute atomic E-state index is 0.0315. The van der Waals surface area contributed by atoms with Crippen LogP contribution in [0.2, 0.25) is 0 Å². The summed E-state index contributed by atoms with van der Waals surface area (Å²) >= 11 is 0.